The molecule has 110 valence electrons. The maximum Gasteiger partial charge on any atom is 0.231 e. The summed E-state index contributed by atoms with van der Waals surface area (Å²) in [5.41, 5.74) is 5.89. The summed E-state index contributed by atoms with van der Waals surface area (Å²) in [5, 5.41) is 0. The number of aromatic nitrogens is 3. The van der Waals surface area contributed by atoms with Crippen molar-refractivity contribution in [3.05, 3.63) is 0 Å². The molecule has 2 N–H and O–H groups in total. The van der Waals surface area contributed by atoms with Gasteiger partial charge in [-0.1, -0.05) is 13.3 Å². The van der Waals surface area contributed by atoms with E-state index in [0.717, 1.165) is 44.0 Å². The zero-order valence-corrected chi connectivity index (χ0v) is 12.3. The molecule has 20 heavy (non-hydrogen) atoms. The number of hydrogen-bond acceptors (Lipinski definition) is 6. The van der Waals surface area contributed by atoms with Crippen LogP contribution in [0.15, 0.2) is 0 Å². The van der Waals surface area contributed by atoms with E-state index < -0.39 is 0 Å². The van der Waals surface area contributed by atoms with Gasteiger partial charge < -0.3 is 15.5 Å². The van der Waals surface area contributed by atoms with E-state index in [0.29, 0.717) is 5.95 Å². The van der Waals surface area contributed by atoms with Crippen molar-refractivity contribution >= 4 is 17.8 Å². The second-order valence-electron chi connectivity index (χ2n) is 5.85. The largest absolute Gasteiger partial charge is 0.368 e. The van der Waals surface area contributed by atoms with E-state index in [1.54, 1.807) is 0 Å². The zero-order valence-electron chi connectivity index (χ0n) is 12.3. The molecule has 2 fully saturated rings. The average Bonchev–Trinajstić information content (AvgIpc) is 2.96. The van der Waals surface area contributed by atoms with Crippen molar-refractivity contribution in [2.45, 2.75) is 39.0 Å². The third kappa shape index (κ3) is 2.78. The first-order valence-corrected chi connectivity index (χ1v) is 7.77. The van der Waals surface area contributed by atoms with Crippen LogP contribution < -0.4 is 15.5 Å². The lowest BCUT2D eigenvalue weighted by atomic mass is 10.1. The van der Waals surface area contributed by atoms with Gasteiger partial charge in [-0.05, 0) is 31.6 Å². The van der Waals surface area contributed by atoms with E-state index in [1.807, 2.05) is 0 Å². The Kier molecular flexibility index (Phi) is 3.89. The number of nitrogens with zero attached hydrogens (tertiary/aromatic N) is 5. The van der Waals surface area contributed by atoms with Crippen molar-refractivity contribution in [2.75, 3.05) is 41.7 Å². The van der Waals surface area contributed by atoms with Gasteiger partial charge in [0.15, 0.2) is 0 Å². The summed E-state index contributed by atoms with van der Waals surface area (Å²) in [7, 11) is 0. The molecule has 1 aromatic heterocycles. The third-order valence-electron chi connectivity index (χ3n) is 4.41. The van der Waals surface area contributed by atoms with Crippen LogP contribution in [0.4, 0.5) is 17.8 Å². The van der Waals surface area contributed by atoms with Crippen LogP contribution in [0.1, 0.15) is 39.0 Å². The SMILES string of the molecule is CCC1CCN(c2nc(N)nc(N3CCCCC3)n2)C1. The molecular weight excluding hydrogens is 252 g/mol. The summed E-state index contributed by atoms with van der Waals surface area (Å²) in [6, 6.07) is 0. The number of anilines is 3. The Balaban J connectivity index is 1.79. The first-order chi connectivity index (χ1) is 9.76. The molecule has 0 radical (unpaired) electrons. The van der Waals surface area contributed by atoms with Gasteiger partial charge in [-0.2, -0.15) is 15.0 Å². The zero-order chi connectivity index (χ0) is 13.9. The molecule has 0 saturated carbocycles. The van der Waals surface area contributed by atoms with Gasteiger partial charge in [0, 0.05) is 26.2 Å². The predicted octanol–water partition coefficient (Wildman–Crippen LogP) is 1.68. The van der Waals surface area contributed by atoms with Crippen molar-refractivity contribution in [3.63, 3.8) is 0 Å². The van der Waals surface area contributed by atoms with E-state index in [-0.39, 0.29) is 0 Å². The first-order valence-electron chi connectivity index (χ1n) is 7.77. The van der Waals surface area contributed by atoms with Gasteiger partial charge >= 0.3 is 0 Å². The fourth-order valence-electron chi connectivity index (χ4n) is 3.09. The van der Waals surface area contributed by atoms with Crippen LogP contribution in [0.5, 0.6) is 0 Å². The van der Waals surface area contributed by atoms with E-state index in [4.69, 9.17) is 5.73 Å². The topological polar surface area (TPSA) is 71.2 Å². The summed E-state index contributed by atoms with van der Waals surface area (Å²) in [6.45, 7) is 6.37. The van der Waals surface area contributed by atoms with Gasteiger partial charge in [-0.15, -0.1) is 0 Å². The number of rotatable bonds is 3. The molecule has 1 aromatic rings. The molecule has 6 heteroatoms. The van der Waals surface area contributed by atoms with Gasteiger partial charge in [0.1, 0.15) is 0 Å². The molecule has 0 aromatic carbocycles. The predicted molar refractivity (Wildman–Crippen MR) is 80.9 cm³/mol. The number of nitrogens with two attached hydrogens (primary N) is 1. The summed E-state index contributed by atoms with van der Waals surface area (Å²) in [4.78, 5) is 17.8. The molecule has 0 spiro atoms. The molecule has 1 atom stereocenters. The van der Waals surface area contributed by atoms with E-state index in [1.165, 1.54) is 32.1 Å². The molecule has 2 aliphatic heterocycles. The molecule has 3 rings (SSSR count). The minimum atomic E-state index is 0.343. The highest BCUT2D eigenvalue weighted by Gasteiger charge is 2.24. The highest BCUT2D eigenvalue weighted by molar-refractivity contribution is 5.44. The van der Waals surface area contributed by atoms with Crippen LogP contribution in [0.2, 0.25) is 0 Å². The van der Waals surface area contributed by atoms with Crippen LogP contribution in [-0.4, -0.2) is 41.1 Å². The molecular formula is C14H24N6. The van der Waals surface area contributed by atoms with Crippen LogP contribution in [0.3, 0.4) is 0 Å². The molecule has 1 unspecified atom stereocenters. The van der Waals surface area contributed by atoms with E-state index in [2.05, 4.69) is 31.7 Å². The maximum atomic E-state index is 5.89. The fraction of sp³-hybridized carbons (Fsp3) is 0.786. The maximum absolute atomic E-state index is 5.89. The molecule has 3 heterocycles. The van der Waals surface area contributed by atoms with Crippen LogP contribution in [-0.2, 0) is 0 Å². The molecule has 0 amide bonds. The van der Waals surface area contributed by atoms with Crippen LogP contribution >= 0.6 is 0 Å². The van der Waals surface area contributed by atoms with Crippen molar-refractivity contribution in [1.82, 2.24) is 15.0 Å². The lowest BCUT2D eigenvalue weighted by Crippen LogP contribution is -2.32. The third-order valence-corrected chi connectivity index (χ3v) is 4.41. The molecule has 0 bridgehead atoms. The normalized spacial score (nSPS) is 23.4. The summed E-state index contributed by atoms with van der Waals surface area (Å²) < 4.78 is 0. The fourth-order valence-corrected chi connectivity index (χ4v) is 3.09. The highest BCUT2D eigenvalue weighted by Crippen LogP contribution is 2.25. The van der Waals surface area contributed by atoms with Gasteiger partial charge in [0.05, 0.1) is 0 Å². The second-order valence-corrected chi connectivity index (χ2v) is 5.85. The number of hydrogen-bond donors (Lipinski definition) is 1. The second kappa shape index (κ2) is 5.81. The van der Waals surface area contributed by atoms with Crippen molar-refractivity contribution in [2.24, 2.45) is 5.92 Å². The van der Waals surface area contributed by atoms with Crippen molar-refractivity contribution < 1.29 is 0 Å². The Morgan fingerprint density at radius 3 is 2.35 bits per heavy atom. The van der Waals surface area contributed by atoms with Gasteiger partial charge in [-0.3, -0.25) is 0 Å². The quantitative estimate of drug-likeness (QED) is 0.905. The Bertz CT molecular complexity index is 457. The average molecular weight is 276 g/mol. The summed E-state index contributed by atoms with van der Waals surface area (Å²) in [5.74, 6) is 2.61. The lowest BCUT2D eigenvalue weighted by Gasteiger charge is -2.27. The Labute approximate surface area is 120 Å². The number of piperidine rings is 1. The van der Waals surface area contributed by atoms with Crippen LogP contribution in [0.25, 0.3) is 0 Å². The highest BCUT2D eigenvalue weighted by atomic mass is 15.4. The Hall–Kier alpha value is -1.59. The van der Waals surface area contributed by atoms with E-state index in [9.17, 15) is 0 Å². The van der Waals surface area contributed by atoms with Crippen LogP contribution in [0, 0.1) is 5.92 Å². The molecule has 6 nitrogen and oxygen atoms in total. The van der Waals surface area contributed by atoms with Gasteiger partial charge in [0.25, 0.3) is 0 Å². The smallest absolute Gasteiger partial charge is 0.231 e. The minimum absolute atomic E-state index is 0.343. The first kappa shape index (κ1) is 13.4. The van der Waals surface area contributed by atoms with Gasteiger partial charge in [-0.25, -0.2) is 0 Å². The molecule has 2 aliphatic rings. The monoisotopic (exact) mass is 276 g/mol. The number of nitrogen functional groups attached to an aromatic ring is 1. The lowest BCUT2D eigenvalue weighted by molar-refractivity contribution is 0.564. The van der Waals surface area contributed by atoms with Crippen molar-refractivity contribution in [3.8, 4) is 0 Å². The minimum Gasteiger partial charge on any atom is -0.368 e. The van der Waals surface area contributed by atoms with Crippen molar-refractivity contribution in [1.29, 1.82) is 0 Å². The summed E-state index contributed by atoms with van der Waals surface area (Å²) in [6.07, 6.45) is 6.16. The molecule has 0 aliphatic carbocycles. The Morgan fingerprint density at radius 2 is 1.70 bits per heavy atom. The molecule has 2 saturated heterocycles. The standard InChI is InChI=1S/C14H24N6/c1-2-11-6-9-20(10-11)14-17-12(15)16-13(18-14)19-7-4-3-5-8-19/h11H,2-10H2,1H3,(H2,15,16,17,18). The van der Waals surface area contributed by atoms with E-state index >= 15 is 0 Å². The summed E-state index contributed by atoms with van der Waals surface area (Å²) >= 11 is 0. The van der Waals surface area contributed by atoms with Gasteiger partial charge in [0.2, 0.25) is 17.8 Å². The Morgan fingerprint density at radius 1 is 1.00 bits per heavy atom.